The predicted molar refractivity (Wildman–Crippen MR) is 99.5 cm³/mol. The van der Waals surface area contributed by atoms with Gasteiger partial charge in [0.25, 0.3) is 5.91 Å². The molecular formula is C18H14ClN3O2S. The Balaban J connectivity index is 1.89. The van der Waals surface area contributed by atoms with Crippen molar-refractivity contribution in [2.45, 2.75) is 6.92 Å². The zero-order valence-corrected chi connectivity index (χ0v) is 14.9. The second kappa shape index (κ2) is 7.55. The molecule has 0 saturated heterocycles. The SMILES string of the molecule is CCN(C(=O)c1ccccc1Cl)c1nnc(-c2ccc(C=O)cc2)s1. The molecule has 1 amide bonds. The van der Waals surface area contributed by atoms with Crippen molar-refractivity contribution in [2.24, 2.45) is 0 Å². The first kappa shape index (κ1) is 17.3. The Morgan fingerprint density at radius 2 is 1.88 bits per heavy atom. The van der Waals surface area contributed by atoms with Gasteiger partial charge in [-0.05, 0) is 19.1 Å². The van der Waals surface area contributed by atoms with E-state index in [-0.39, 0.29) is 5.91 Å². The van der Waals surface area contributed by atoms with Gasteiger partial charge < -0.3 is 0 Å². The third kappa shape index (κ3) is 3.60. The number of aldehydes is 1. The number of carbonyl (C=O) groups is 2. The van der Waals surface area contributed by atoms with E-state index in [0.717, 1.165) is 11.8 Å². The second-order valence-electron chi connectivity index (χ2n) is 5.16. The summed E-state index contributed by atoms with van der Waals surface area (Å²) in [5.74, 6) is -0.216. The lowest BCUT2D eigenvalue weighted by molar-refractivity contribution is 0.0988. The zero-order chi connectivity index (χ0) is 17.8. The molecule has 3 aromatic rings. The molecule has 1 aromatic heterocycles. The number of anilines is 1. The normalized spacial score (nSPS) is 10.5. The Bertz CT molecular complexity index is 909. The van der Waals surface area contributed by atoms with Gasteiger partial charge in [-0.15, -0.1) is 10.2 Å². The maximum Gasteiger partial charge on any atom is 0.261 e. The van der Waals surface area contributed by atoms with Gasteiger partial charge in [-0.2, -0.15) is 0 Å². The van der Waals surface area contributed by atoms with E-state index in [1.54, 1.807) is 53.4 Å². The maximum atomic E-state index is 12.8. The number of nitrogens with zero attached hydrogens (tertiary/aromatic N) is 3. The Morgan fingerprint density at radius 1 is 1.16 bits per heavy atom. The summed E-state index contributed by atoms with van der Waals surface area (Å²) in [6.45, 7) is 2.32. The number of hydrogen-bond acceptors (Lipinski definition) is 5. The number of halogens is 1. The van der Waals surface area contributed by atoms with E-state index in [1.165, 1.54) is 11.3 Å². The summed E-state index contributed by atoms with van der Waals surface area (Å²) in [6, 6.07) is 14.0. The fourth-order valence-corrected chi connectivity index (χ4v) is 3.42. The smallest absolute Gasteiger partial charge is 0.261 e. The van der Waals surface area contributed by atoms with Crippen molar-refractivity contribution in [3.8, 4) is 10.6 Å². The van der Waals surface area contributed by atoms with Crippen molar-refractivity contribution >= 4 is 40.3 Å². The molecule has 0 radical (unpaired) electrons. The van der Waals surface area contributed by atoms with Crippen molar-refractivity contribution in [1.29, 1.82) is 0 Å². The van der Waals surface area contributed by atoms with Gasteiger partial charge in [0.2, 0.25) is 5.13 Å². The summed E-state index contributed by atoms with van der Waals surface area (Å²) in [5.41, 5.74) is 1.87. The van der Waals surface area contributed by atoms with Crippen LogP contribution in [0.4, 0.5) is 5.13 Å². The molecule has 0 bridgehead atoms. The van der Waals surface area contributed by atoms with Crippen LogP contribution in [0.3, 0.4) is 0 Å². The topological polar surface area (TPSA) is 63.2 Å². The van der Waals surface area contributed by atoms with Crippen LogP contribution >= 0.6 is 22.9 Å². The first-order valence-corrected chi connectivity index (χ1v) is 8.79. The van der Waals surface area contributed by atoms with E-state index in [2.05, 4.69) is 10.2 Å². The van der Waals surface area contributed by atoms with Crippen LogP contribution in [0.15, 0.2) is 48.5 Å². The van der Waals surface area contributed by atoms with Gasteiger partial charge in [0.05, 0.1) is 10.6 Å². The van der Waals surface area contributed by atoms with Gasteiger partial charge in [0.15, 0.2) is 0 Å². The quantitative estimate of drug-likeness (QED) is 0.626. The summed E-state index contributed by atoms with van der Waals surface area (Å²) >= 11 is 7.44. The number of hydrogen-bond donors (Lipinski definition) is 0. The van der Waals surface area contributed by atoms with Crippen LogP contribution in [0.1, 0.15) is 27.6 Å². The number of benzene rings is 2. The van der Waals surface area contributed by atoms with Crippen molar-refractivity contribution in [3.63, 3.8) is 0 Å². The Labute approximate surface area is 153 Å². The molecule has 7 heteroatoms. The maximum absolute atomic E-state index is 12.8. The average molecular weight is 372 g/mol. The van der Waals surface area contributed by atoms with Crippen LogP contribution in [0.25, 0.3) is 10.6 Å². The molecule has 0 unspecified atom stereocenters. The van der Waals surface area contributed by atoms with E-state index in [1.807, 2.05) is 6.92 Å². The molecular weight excluding hydrogens is 358 g/mol. The van der Waals surface area contributed by atoms with Crippen molar-refractivity contribution < 1.29 is 9.59 Å². The fraction of sp³-hybridized carbons (Fsp3) is 0.111. The van der Waals surface area contributed by atoms with Crippen molar-refractivity contribution in [3.05, 3.63) is 64.7 Å². The molecule has 3 rings (SSSR count). The van der Waals surface area contributed by atoms with Gasteiger partial charge in [-0.3, -0.25) is 14.5 Å². The molecule has 25 heavy (non-hydrogen) atoms. The lowest BCUT2D eigenvalue weighted by atomic mass is 10.2. The van der Waals surface area contributed by atoms with E-state index in [4.69, 9.17) is 11.6 Å². The lowest BCUT2D eigenvalue weighted by Gasteiger charge is -2.17. The lowest BCUT2D eigenvalue weighted by Crippen LogP contribution is -2.30. The van der Waals surface area contributed by atoms with Gasteiger partial charge in [-0.1, -0.05) is 59.3 Å². The van der Waals surface area contributed by atoms with Gasteiger partial charge >= 0.3 is 0 Å². The molecule has 0 N–H and O–H groups in total. The minimum Gasteiger partial charge on any atom is -0.298 e. The molecule has 126 valence electrons. The summed E-state index contributed by atoms with van der Waals surface area (Å²) in [4.78, 5) is 25.1. The summed E-state index contributed by atoms with van der Waals surface area (Å²) in [6.07, 6.45) is 0.788. The molecule has 0 saturated carbocycles. The Morgan fingerprint density at radius 3 is 2.52 bits per heavy atom. The highest BCUT2D eigenvalue weighted by Gasteiger charge is 2.22. The third-order valence-corrected chi connectivity index (χ3v) is 4.93. The van der Waals surface area contributed by atoms with Crippen LogP contribution in [0.5, 0.6) is 0 Å². The van der Waals surface area contributed by atoms with E-state index < -0.39 is 0 Å². The minimum absolute atomic E-state index is 0.216. The predicted octanol–water partition coefficient (Wildman–Crippen LogP) is 4.34. The van der Waals surface area contributed by atoms with Gasteiger partial charge in [0, 0.05) is 17.7 Å². The van der Waals surface area contributed by atoms with Crippen LogP contribution in [0, 0.1) is 0 Å². The van der Waals surface area contributed by atoms with E-state index >= 15 is 0 Å². The highest BCUT2D eigenvalue weighted by atomic mass is 35.5. The highest BCUT2D eigenvalue weighted by Crippen LogP contribution is 2.30. The summed E-state index contributed by atoms with van der Waals surface area (Å²) < 4.78 is 0. The Kier molecular flexibility index (Phi) is 5.21. The minimum atomic E-state index is -0.216. The third-order valence-electron chi connectivity index (χ3n) is 3.60. The number of amides is 1. The summed E-state index contributed by atoms with van der Waals surface area (Å²) in [5, 5.41) is 9.89. The summed E-state index contributed by atoms with van der Waals surface area (Å²) in [7, 11) is 0. The van der Waals surface area contributed by atoms with Crippen molar-refractivity contribution in [2.75, 3.05) is 11.4 Å². The molecule has 1 heterocycles. The monoisotopic (exact) mass is 371 g/mol. The largest absolute Gasteiger partial charge is 0.298 e. The average Bonchev–Trinajstić information content (AvgIpc) is 3.12. The first-order valence-electron chi connectivity index (χ1n) is 7.59. The first-order chi connectivity index (χ1) is 12.1. The molecule has 0 atom stereocenters. The standard InChI is InChI=1S/C18H14ClN3O2S/c1-2-22(17(24)14-5-3-4-6-15(14)19)18-21-20-16(25-18)13-9-7-12(11-23)8-10-13/h3-11H,2H2,1H3. The fourth-order valence-electron chi connectivity index (χ4n) is 2.29. The van der Waals surface area contributed by atoms with Gasteiger partial charge in [-0.25, -0.2) is 0 Å². The molecule has 0 spiro atoms. The van der Waals surface area contributed by atoms with Crippen LogP contribution < -0.4 is 4.90 Å². The Hall–Kier alpha value is -2.57. The highest BCUT2D eigenvalue weighted by molar-refractivity contribution is 7.18. The van der Waals surface area contributed by atoms with E-state index in [9.17, 15) is 9.59 Å². The van der Waals surface area contributed by atoms with Crippen LogP contribution in [-0.4, -0.2) is 28.9 Å². The number of carbonyl (C=O) groups excluding carboxylic acids is 2. The zero-order valence-electron chi connectivity index (χ0n) is 13.3. The number of aromatic nitrogens is 2. The molecule has 0 fully saturated rings. The molecule has 2 aromatic carbocycles. The molecule has 0 aliphatic carbocycles. The molecule has 0 aliphatic heterocycles. The van der Waals surface area contributed by atoms with Crippen LogP contribution in [0.2, 0.25) is 5.02 Å². The second-order valence-corrected chi connectivity index (χ2v) is 6.52. The van der Waals surface area contributed by atoms with Gasteiger partial charge in [0.1, 0.15) is 11.3 Å². The molecule has 0 aliphatic rings. The number of rotatable bonds is 5. The van der Waals surface area contributed by atoms with E-state index in [0.29, 0.717) is 32.8 Å². The molecule has 5 nitrogen and oxygen atoms in total. The van der Waals surface area contributed by atoms with Crippen molar-refractivity contribution in [1.82, 2.24) is 10.2 Å². The van der Waals surface area contributed by atoms with Crippen LogP contribution in [-0.2, 0) is 0 Å².